The first-order valence-electron chi connectivity index (χ1n) is 5.15. The Morgan fingerprint density at radius 3 is 2.64 bits per heavy atom. The monoisotopic (exact) mass is 255 g/mol. The van der Waals surface area contributed by atoms with Crippen molar-refractivity contribution in [2.24, 2.45) is 0 Å². The van der Waals surface area contributed by atoms with E-state index in [4.69, 9.17) is 0 Å². The quantitative estimate of drug-likeness (QED) is 0.756. The van der Waals surface area contributed by atoms with Gasteiger partial charge in [-0.05, 0) is 18.9 Å². The van der Waals surface area contributed by atoms with Crippen LogP contribution in [-0.2, 0) is 0 Å². The minimum Gasteiger partial charge on any atom is -0.312 e. The lowest BCUT2D eigenvalue weighted by molar-refractivity contribution is 0.346. The molecule has 1 aromatic rings. The summed E-state index contributed by atoms with van der Waals surface area (Å²) in [7, 11) is 0. The molecule has 0 saturated heterocycles. The van der Waals surface area contributed by atoms with E-state index in [9.17, 15) is 4.79 Å². The van der Waals surface area contributed by atoms with Crippen molar-refractivity contribution in [1.82, 2.24) is 4.57 Å². The molecule has 0 N–H and O–H groups in total. The highest BCUT2D eigenvalue weighted by atomic mass is 79.9. The predicted molar refractivity (Wildman–Crippen MR) is 60.5 cm³/mol. The predicted octanol–water partition coefficient (Wildman–Crippen LogP) is 3.12. The molecule has 1 heterocycles. The third-order valence-corrected chi connectivity index (χ3v) is 3.37. The molecule has 2 nitrogen and oxygen atoms in total. The Morgan fingerprint density at radius 2 is 2.00 bits per heavy atom. The summed E-state index contributed by atoms with van der Waals surface area (Å²) in [4.78, 5) is 11.7. The van der Waals surface area contributed by atoms with Crippen LogP contribution in [0.4, 0.5) is 0 Å². The summed E-state index contributed by atoms with van der Waals surface area (Å²) in [6.07, 6.45) is 8.05. The van der Waals surface area contributed by atoms with Crippen molar-refractivity contribution < 1.29 is 0 Å². The number of rotatable bonds is 1. The summed E-state index contributed by atoms with van der Waals surface area (Å²) in [5, 5.41) is 0. The number of aromatic nitrogens is 1. The second kappa shape index (κ2) is 4.30. The SMILES string of the molecule is O=c1cc(Br)ccn1C1CCCCC1. The van der Waals surface area contributed by atoms with E-state index in [2.05, 4.69) is 15.9 Å². The Bertz CT molecular complexity index is 366. The zero-order valence-corrected chi connectivity index (χ0v) is 9.66. The fourth-order valence-corrected chi connectivity index (χ4v) is 2.44. The molecule has 1 aliphatic carbocycles. The fourth-order valence-electron chi connectivity index (χ4n) is 2.13. The molecular weight excluding hydrogens is 242 g/mol. The van der Waals surface area contributed by atoms with Crippen molar-refractivity contribution >= 4 is 15.9 Å². The molecule has 1 fully saturated rings. The standard InChI is InChI=1S/C11H14BrNO/c12-9-6-7-13(11(14)8-9)10-4-2-1-3-5-10/h6-8,10H,1-5H2. The molecule has 0 amide bonds. The van der Waals surface area contributed by atoms with E-state index < -0.39 is 0 Å². The lowest BCUT2D eigenvalue weighted by atomic mass is 9.95. The second-order valence-electron chi connectivity index (χ2n) is 3.88. The Labute approximate surface area is 92.1 Å². The van der Waals surface area contributed by atoms with Crippen molar-refractivity contribution in [3.63, 3.8) is 0 Å². The van der Waals surface area contributed by atoms with Gasteiger partial charge in [-0.1, -0.05) is 35.2 Å². The van der Waals surface area contributed by atoms with Gasteiger partial charge in [0.1, 0.15) is 0 Å². The summed E-state index contributed by atoms with van der Waals surface area (Å²) in [6.45, 7) is 0. The highest BCUT2D eigenvalue weighted by Crippen LogP contribution is 2.26. The molecule has 0 aliphatic heterocycles. The van der Waals surface area contributed by atoms with Gasteiger partial charge in [-0.2, -0.15) is 0 Å². The molecule has 0 aromatic carbocycles. The van der Waals surface area contributed by atoms with Gasteiger partial charge in [0.15, 0.2) is 0 Å². The number of hydrogen-bond donors (Lipinski definition) is 0. The zero-order valence-electron chi connectivity index (χ0n) is 8.08. The van der Waals surface area contributed by atoms with Gasteiger partial charge in [0, 0.05) is 22.8 Å². The second-order valence-corrected chi connectivity index (χ2v) is 4.80. The lowest BCUT2D eigenvalue weighted by Gasteiger charge is -2.23. The van der Waals surface area contributed by atoms with Crippen LogP contribution in [-0.4, -0.2) is 4.57 Å². The molecule has 76 valence electrons. The third kappa shape index (κ3) is 2.08. The summed E-state index contributed by atoms with van der Waals surface area (Å²) in [6, 6.07) is 4.02. The number of pyridine rings is 1. The maximum Gasteiger partial charge on any atom is 0.251 e. The molecule has 0 unspecified atom stereocenters. The van der Waals surface area contributed by atoms with Crippen LogP contribution in [0.1, 0.15) is 38.1 Å². The van der Waals surface area contributed by atoms with Gasteiger partial charge in [-0.3, -0.25) is 4.79 Å². The van der Waals surface area contributed by atoms with Gasteiger partial charge in [0.05, 0.1) is 0 Å². The molecule has 1 aromatic heterocycles. The van der Waals surface area contributed by atoms with Crippen LogP contribution < -0.4 is 5.56 Å². The molecule has 1 saturated carbocycles. The van der Waals surface area contributed by atoms with Crippen LogP contribution in [0.5, 0.6) is 0 Å². The van der Waals surface area contributed by atoms with E-state index in [1.807, 2.05) is 16.8 Å². The van der Waals surface area contributed by atoms with Crippen LogP contribution in [0.25, 0.3) is 0 Å². The molecule has 14 heavy (non-hydrogen) atoms. The van der Waals surface area contributed by atoms with E-state index in [1.165, 1.54) is 19.3 Å². The normalized spacial score (nSPS) is 18.4. The third-order valence-electron chi connectivity index (χ3n) is 2.88. The Morgan fingerprint density at radius 1 is 1.29 bits per heavy atom. The maximum absolute atomic E-state index is 11.7. The molecule has 0 bridgehead atoms. The average molecular weight is 256 g/mol. The molecule has 3 heteroatoms. The summed E-state index contributed by atoms with van der Waals surface area (Å²) < 4.78 is 2.75. The van der Waals surface area contributed by atoms with Gasteiger partial charge in [-0.25, -0.2) is 0 Å². The van der Waals surface area contributed by atoms with Crippen LogP contribution in [0, 0.1) is 0 Å². The molecule has 1 aliphatic rings. The Hall–Kier alpha value is -0.570. The largest absolute Gasteiger partial charge is 0.312 e. The molecule has 0 spiro atoms. The molecule has 2 rings (SSSR count). The van der Waals surface area contributed by atoms with E-state index in [0.717, 1.165) is 17.3 Å². The zero-order chi connectivity index (χ0) is 9.97. The lowest BCUT2D eigenvalue weighted by Crippen LogP contribution is -2.24. The van der Waals surface area contributed by atoms with Gasteiger partial charge in [0.25, 0.3) is 5.56 Å². The van der Waals surface area contributed by atoms with Crippen molar-refractivity contribution in [2.45, 2.75) is 38.1 Å². The van der Waals surface area contributed by atoms with E-state index >= 15 is 0 Å². The average Bonchev–Trinajstić information content (AvgIpc) is 2.19. The maximum atomic E-state index is 11.7. The molecular formula is C11H14BrNO. The van der Waals surface area contributed by atoms with Crippen LogP contribution >= 0.6 is 15.9 Å². The Kier molecular flexibility index (Phi) is 3.06. The van der Waals surface area contributed by atoms with Crippen molar-refractivity contribution in [3.8, 4) is 0 Å². The first kappa shape index (κ1) is 9.97. The number of hydrogen-bond acceptors (Lipinski definition) is 1. The van der Waals surface area contributed by atoms with Crippen LogP contribution in [0.15, 0.2) is 27.6 Å². The topological polar surface area (TPSA) is 22.0 Å². The van der Waals surface area contributed by atoms with Crippen molar-refractivity contribution in [1.29, 1.82) is 0 Å². The van der Waals surface area contributed by atoms with Gasteiger partial charge in [0.2, 0.25) is 0 Å². The minimum atomic E-state index is 0.117. The fraction of sp³-hybridized carbons (Fsp3) is 0.545. The van der Waals surface area contributed by atoms with Crippen molar-refractivity contribution in [3.05, 3.63) is 33.2 Å². The van der Waals surface area contributed by atoms with E-state index in [1.54, 1.807) is 6.07 Å². The summed E-state index contributed by atoms with van der Waals surface area (Å²) in [5.41, 5.74) is 0.117. The molecule has 0 atom stereocenters. The summed E-state index contributed by atoms with van der Waals surface area (Å²) in [5.74, 6) is 0. The first-order chi connectivity index (χ1) is 6.77. The molecule has 0 radical (unpaired) electrons. The van der Waals surface area contributed by atoms with Gasteiger partial charge in [-0.15, -0.1) is 0 Å². The highest BCUT2D eigenvalue weighted by Gasteiger charge is 2.15. The number of nitrogens with zero attached hydrogens (tertiary/aromatic N) is 1. The minimum absolute atomic E-state index is 0.117. The Balaban J connectivity index is 2.26. The summed E-state index contributed by atoms with van der Waals surface area (Å²) >= 11 is 3.31. The van der Waals surface area contributed by atoms with Crippen LogP contribution in [0.2, 0.25) is 0 Å². The van der Waals surface area contributed by atoms with Gasteiger partial charge >= 0.3 is 0 Å². The smallest absolute Gasteiger partial charge is 0.251 e. The van der Waals surface area contributed by atoms with Crippen LogP contribution in [0.3, 0.4) is 0 Å². The van der Waals surface area contributed by atoms with E-state index in [-0.39, 0.29) is 5.56 Å². The van der Waals surface area contributed by atoms with E-state index in [0.29, 0.717) is 6.04 Å². The highest BCUT2D eigenvalue weighted by molar-refractivity contribution is 9.10. The van der Waals surface area contributed by atoms with Gasteiger partial charge < -0.3 is 4.57 Å². The van der Waals surface area contributed by atoms with Crippen molar-refractivity contribution in [2.75, 3.05) is 0 Å². The first-order valence-corrected chi connectivity index (χ1v) is 5.94. The number of halogens is 1.